The Hall–Kier alpha value is -5.44. The molecule has 7 rings (SSSR count). The lowest BCUT2D eigenvalue weighted by atomic mass is 9.64. The lowest BCUT2D eigenvalue weighted by Gasteiger charge is -2.37. The largest absolute Gasteiger partial charge is 0.497 e. The molecule has 1 aliphatic carbocycles. The summed E-state index contributed by atoms with van der Waals surface area (Å²) in [6.45, 7) is 0. The molecule has 1 saturated heterocycles. The smallest absolute Gasteiger partial charge is 0.269 e. The zero-order chi connectivity index (χ0) is 30.0. The molecule has 9 heteroatoms. The number of hydrogen-bond acceptors (Lipinski definition) is 7. The van der Waals surface area contributed by atoms with Gasteiger partial charge in [0.1, 0.15) is 23.0 Å². The van der Waals surface area contributed by atoms with Gasteiger partial charge in [-0.1, -0.05) is 60.7 Å². The minimum absolute atomic E-state index is 0.232. The van der Waals surface area contributed by atoms with E-state index < -0.39 is 51.5 Å². The highest BCUT2D eigenvalue weighted by atomic mass is 19.1. The van der Waals surface area contributed by atoms with Gasteiger partial charge in [-0.2, -0.15) is 0 Å². The van der Waals surface area contributed by atoms with Gasteiger partial charge in [-0.15, -0.1) is 0 Å². The maximum Gasteiger partial charge on any atom is 0.269 e. The number of fused-ring (bicyclic) bond motifs is 5. The first-order valence-corrected chi connectivity index (χ1v) is 13.6. The molecule has 2 aliphatic heterocycles. The number of carbonyl (C=O) groups is 3. The van der Waals surface area contributed by atoms with Crippen LogP contribution in [0.15, 0.2) is 97.1 Å². The first-order chi connectivity index (χ1) is 20.8. The molecular weight excluding hydrogens is 551 g/mol. The number of anilines is 1. The lowest BCUT2D eigenvalue weighted by molar-refractivity contribution is -0.384. The van der Waals surface area contributed by atoms with Crippen molar-refractivity contribution in [3.8, 4) is 5.75 Å². The number of rotatable bonds is 5. The normalized spacial score (nSPS) is 21.0. The van der Waals surface area contributed by atoms with Crippen molar-refractivity contribution in [1.29, 1.82) is 0 Å². The minimum atomic E-state index is -1.83. The van der Waals surface area contributed by atoms with Gasteiger partial charge in [-0.25, -0.2) is 4.39 Å². The van der Waals surface area contributed by atoms with Gasteiger partial charge in [-0.3, -0.25) is 24.5 Å². The Morgan fingerprint density at radius 3 is 2.35 bits per heavy atom. The van der Waals surface area contributed by atoms with Crippen LogP contribution >= 0.6 is 0 Å². The van der Waals surface area contributed by atoms with Crippen molar-refractivity contribution in [2.75, 3.05) is 12.0 Å². The van der Waals surface area contributed by atoms with Crippen LogP contribution in [0, 0.1) is 21.3 Å². The number of ether oxygens (including phenoxy) is 1. The molecule has 0 bridgehead atoms. The summed E-state index contributed by atoms with van der Waals surface area (Å²) >= 11 is 0. The van der Waals surface area contributed by atoms with E-state index in [-0.39, 0.29) is 22.4 Å². The molecule has 3 unspecified atom stereocenters. The van der Waals surface area contributed by atoms with Gasteiger partial charge < -0.3 is 9.64 Å². The maximum atomic E-state index is 14.7. The Bertz CT molecular complexity index is 1880. The number of nitrogens with zero attached hydrogens (tertiary/aromatic N) is 2. The van der Waals surface area contributed by atoms with Crippen molar-refractivity contribution >= 4 is 34.8 Å². The molecule has 0 saturated carbocycles. The second-order valence-electron chi connectivity index (χ2n) is 10.9. The van der Waals surface area contributed by atoms with Crippen molar-refractivity contribution in [3.05, 3.63) is 141 Å². The van der Waals surface area contributed by atoms with Crippen LogP contribution in [-0.4, -0.2) is 41.5 Å². The molecule has 2 heterocycles. The van der Waals surface area contributed by atoms with Crippen LogP contribution in [0.5, 0.6) is 5.75 Å². The van der Waals surface area contributed by atoms with Crippen LogP contribution in [0.4, 0.5) is 15.8 Å². The second kappa shape index (κ2) is 9.55. The van der Waals surface area contributed by atoms with E-state index in [4.69, 9.17) is 4.74 Å². The molecule has 212 valence electrons. The van der Waals surface area contributed by atoms with Crippen molar-refractivity contribution < 1.29 is 28.4 Å². The van der Waals surface area contributed by atoms with Gasteiger partial charge in [0, 0.05) is 46.0 Å². The van der Waals surface area contributed by atoms with Gasteiger partial charge >= 0.3 is 0 Å². The molecule has 0 amide bonds. The van der Waals surface area contributed by atoms with Crippen LogP contribution in [0.1, 0.15) is 48.1 Å². The molecule has 3 aliphatic rings. The van der Waals surface area contributed by atoms with Gasteiger partial charge in [0.2, 0.25) is 0 Å². The lowest BCUT2D eigenvalue weighted by Crippen LogP contribution is -2.48. The van der Waals surface area contributed by atoms with E-state index in [1.807, 2.05) is 0 Å². The monoisotopic (exact) mass is 574 g/mol. The fraction of sp³-hybridized carbons (Fsp3) is 0.147. The third-order valence-electron chi connectivity index (χ3n) is 8.83. The SMILES string of the molecule is COc1cccc(C(=O)C2C(c3cccc([N+](=O)[O-])c3)C3(C(=O)c4ccccc4C3=O)C3C=Cc4cc(F)ccc4N23)c1. The fourth-order valence-electron chi connectivity index (χ4n) is 7.10. The Morgan fingerprint density at radius 1 is 0.930 bits per heavy atom. The average molecular weight is 575 g/mol. The number of methoxy groups -OCH3 is 1. The van der Waals surface area contributed by atoms with E-state index >= 15 is 0 Å². The summed E-state index contributed by atoms with van der Waals surface area (Å²) in [5.41, 5.74) is -0.0878. The van der Waals surface area contributed by atoms with Gasteiger partial charge in [0.05, 0.1) is 18.1 Å². The van der Waals surface area contributed by atoms with Crippen LogP contribution in [0.2, 0.25) is 0 Å². The minimum Gasteiger partial charge on any atom is -0.497 e. The average Bonchev–Trinajstić information content (AvgIpc) is 3.46. The van der Waals surface area contributed by atoms with Crippen LogP contribution in [-0.2, 0) is 0 Å². The summed E-state index contributed by atoms with van der Waals surface area (Å²) in [5, 5.41) is 11.9. The van der Waals surface area contributed by atoms with Gasteiger partial charge in [0.15, 0.2) is 17.3 Å². The Morgan fingerprint density at radius 2 is 1.65 bits per heavy atom. The molecule has 3 atom stereocenters. The summed E-state index contributed by atoms with van der Waals surface area (Å²) in [7, 11) is 1.48. The van der Waals surface area contributed by atoms with E-state index in [1.54, 1.807) is 71.6 Å². The summed E-state index contributed by atoms with van der Waals surface area (Å²) in [6, 6.07) is 20.8. The predicted octanol–water partition coefficient (Wildman–Crippen LogP) is 6.06. The third kappa shape index (κ3) is 3.64. The molecule has 0 N–H and O–H groups in total. The van der Waals surface area contributed by atoms with E-state index in [1.165, 1.54) is 43.5 Å². The van der Waals surface area contributed by atoms with Crippen molar-refractivity contribution in [3.63, 3.8) is 0 Å². The predicted molar refractivity (Wildman–Crippen MR) is 156 cm³/mol. The van der Waals surface area contributed by atoms with Gasteiger partial charge in [0.25, 0.3) is 5.69 Å². The number of halogens is 1. The van der Waals surface area contributed by atoms with E-state index in [2.05, 4.69) is 0 Å². The molecule has 43 heavy (non-hydrogen) atoms. The molecule has 1 spiro atoms. The Balaban J connectivity index is 1.56. The number of ketones is 3. The van der Waals surface area contributed by atoms with E-state index in [0.29, 0.717) is 22.6 Å². The molecule has 1 fully saturated rings. The number of Topliss-reactive ketones (excluding diaryl/α,β-unsaturated/α-hetero) is 3. The number of non-ortho nitro benzene ring substituents is 1. The van der Waals surface area contributed by atoms with E-state index in [9.17, 15) is 28.9 Å². The molecule has 0 aromatic heterocycles. The number of nitro benzene ring substituents is 1. The number of carbonyl (C=O) groups excluding carboxylic acids is 3. The highest BCUT2D eigenvalue weighted by molar-refractivity contribution is 6.32. The molecule has 4 aromatic carbocycles. The molecular formula is C34H23FN2O6. The summed E-state index contributed by atoms with van der Waals surface area (Å²) in [5.74, 6) is -2.53. The molecule has 0 radical (unpaired) electrons. The number of hydrogen-bond donors (Lipinski definition) is 0. The molecule has 4 aromatic rings. The van der Waals surface area contributed by atoms with Crippen LogP contribution in [0.3, 0.4) is 0 Å². The summed E-state index contributed by atoms with van der Waals surface area (Å²) in [4.78, 5) is 57.1. The van der Waals surface area contributed by atoms with Gasteiger partial charge in [-0.05, 0) is 35.9 Å². The Labute approximate surface area is 245 Å². The zero-order valence-corrected chi connectivity index (χ0v) is 22.8. The number of benzene rings is 4. The Kier molecular flexibility index (Phi) is 5.88. The quantitative estimate of drug-likeness (QED) is 0.123. The highest BCUT2D eigenvalue weighted by Crippen LogP contribution is 2.61. The van der Waals surface area contributed by atoms with E-state index in [0.717, 1.165) is 0 Å². The van der Waals surface area contributed by atoms with Crippen LogP contribution < -0.4 is 9.64 Å². The first kappa shape index (κ1) is 26.5. The highest BCUT2D eigenvalue weighted by Gasteiger charge is 2.71. The number of nitro groups is 1. The summed E-state index contributed by atoms with van der Waals surface area (Å²) in [6.07, 6.45) is 3.33. The van der Waals surface area contributed by atoms with Crippen molar-refractivity contribution in [2.24, 2.45) is 5.41 Å². The van der Waals surface area contributed by atoms with Crippen molar-refractivity contribution in [2.45, 2.75) is 18.0 Å². The second-order valence-corrected chi connectivity index (χ2v) is 10.9. The van der Waals surface area contributed by atoms with Crippen LogP contribution in [0.25, 0.3) is 6.08 Å². The maximum absolute atomic E-state index is 14.7. The zero-order valence-electron chi connectivity index (χ0n) is 22.8. The topological polar surface area (TPSA) is 107 Å². The molecule has 8 nitrogen and oxygen atoms in total. The summed E-state index contributed by atoms with van der Waals surface area (Å²) < 4.78 is 19.8. The standard InChI is InChI=1S/C34H23FN2O6/c1-43-24-9-5-7-21(18-24)31(38)30-29(20-6-4-8-23(17-20)37(41)42)34(32(39)25-10-2-3-11-26(25)33(34)40)28-15-12-19-16-22(35)13-14-27(19)36(28)30/h2-18,28-30H,1H3. The first-order valence-electron chi connectivity index (χ1n) is 13.6. The third-order valence-corrected chi connectivity index (χ3v) is 8.83. The van der Waals surface area contributed by atoms with Crippen molar-refractivity contribution in [1.82, 2.24) is 0 Å². The fourth-order valence-corrected chi connectivity index (χ4v) is 7.10.